The van der Waals surface area contributed by atoms with E-state index in [-0.39, 0.29) is 24.9 Å². The fourth-order valence-corrected chi connectivity index (χ4v) is 6.50. The lowest BCUT2D eigenvalue weighted by Gasteiger charge is -2.32. The average molecular weight is 595 g/mol. The largest absolute Gasteiger partial charge is 0.462 e. The number of ketones is 1. The summed E-state index contributed by atoms with van der Waals surface area (Å²) in [6.45, 7) is 3.41. The maximum absolute atomic E-state index is 13.3. The molecule has 11 heteroatoms. The number of carbonyl (C=O) groups excluding carboxylic acids is 6. The van der Waals surface area contributed by atoms with Crippen LogP contribution in [0.4, 0.5) is 0 Å². The minimum absolute atomic E-state index is 0.0167. The molecule has 3 rings (SSSR count). The molecular weight excluding hydrogens is 548 g/mol. The lowest BCUT2D eigenvalue weighted by molar-refractivity contribution is -0.181. The standard InChI is InChI=1S/C31H46O11/c1-19(32)16-22-10-4-5-11-24(22)29(35)38-17-23(42-31(37)26-13-7-9-15-28(26)41-21(3)34)18-39-30(36)25-12-6-8-14-27(25)40-20(2)33/h22-28H,4-18H2,1-3H3. The molecule has 0 aromatic rings. The topological polar surface area (TPSA) is 149 Å². The SMILES string of the molecule is CC(=O)CC1CCCCC1C(=O)OCC(COC(=O)C1CCCCC1OC(C)=O)OC(=O)C1CCCCC1OC(C)=O. The van der Waals surface area contributed by atoms with Gasteiger partial charge in [-0.25, -0.2) is 0 Å². The molecule has 0 aliphatic heterocycles. The van der Waals surface area contributed by atoms with Crippen LogP contribution in [0.1, 0.15) is 104 Å². The van der Waals surface area contributed by atoms with Crippen molar-refractivity contribution >= 4 is 35.6 Å². The summed E-state index contributed by atoms with van der Waals surface area (Å²) in [7, 11) is 0. The molecule has 236 valence electrons. The Morgan fingerprint density at radius 3 is 1.50 bits per heavy atom. The Morgan fingerprint density at radius 2 is 1.00 bits per heavy atom. The van der Waals surface area contributed by atoms with E-state index < -0.39 is 65.9 Å². The number of Topliss-reactive ketones (excluding diaryl/α,β-unsaturated/α-hetero) is 1. The number of carbonyl (C=O) groups is 6. The van der Waals surface area contributed by atoms with Gasteiger partial charge in [0.05, 0.1) is 17.8 Å². The van der Waals surface area contributed by atoms with Gasteiger partial charge in [-0.2, -0.15) is 0 Å². The zero-order valence-electron chi connectivity index (χ0n) is 25.1. The first-order chi connectivity index (χ1) is 20.0. The van der Waals surface area contributed by atoms with E-state index in [2.05, 4.69) is 0 Å². The van der Waals surface area contributed by atoms with Gasteiger partial charge in [0.1, 0.15) is 31.2 Å². The molecule has 3 aliphatic rings. The summed E-state index contributed by atoms with van der Waals surface area (Å²) >= 11 is 0. The number of hydrogen-bond acceptors (Lipinski definition) is 11. The highest BCUT2D eigenvalue weighted by molar-refractivity contribution is 5.78. The second kappa shape index (κ2) is 16.6. The maximum atomic E-state index is 13.3. The highest BCUT2D eigenvalue weighted by atomic mass is 16.6. The van der Waals surface area contributed by atoms with E-state index in [0.717, 1.165) is 44.9 Å². The van der Waals surface area contributed by atoms with Gasteiger partial charge in [-0.1, -0.05) is 25.7 Å². The summed E-state index contributed by atoms with van der Waals surface area (Å²) in [6, 6.07) is 0. The summed E-state index contributed by atoms with van der Waals surface area (Å²) in [5.41, 5.74) is 0. The summed E-state index contributed by atoms with van der Waals surface area (Å²) in [5.74, 6) is -4.43. The van der Waals surface area contributed by atoms with Crippen LogP contribution < -0.4 is 0 Å². The molecular formula is C31H46O11. The average Bonchev–Trinajstić information content (AvgIpc) is 2.94. The molecule has 0 aromatic heterocycles. The molecule has 0 amide bonds. The van der Waals surface area contributed by atoms with Crippen LogP contribution in [0, 0.1) is 23.7 Å². The zero-order chi connectivity index (χ0) is 30.6. The Hall–Kier alpha value is -2.98. The molecule has 7 atom stereocenters. The van der Waals surface area contributed by atoms with Gasteiger partial charge in [-0.05, 0) is 64.2 Å². The van der Waals surface area contributed by atoms with Crippen molar-refractivity contribution < 1.29 is 52.5 Å². The molecule has 7 unspecified atom stereocenters. The van der Waals surface area contributed by atoms with Gasteiger partial charge in [0.2, 0.25) is 0 Å². The van der Waals surface area contributed by atoms with Crippen LogP contribution in [0.2, 0.25) is 0 Å². The predicted octanol–water partition coefficient (Wildman–Crippen LogP) is 4.01. The van der Waals surface area contributed by atoms with E-state index in [9.17, 15) is 28.8 Å². The smallest absolute Gasteiger partial charge is 0.313 e. The molecule has 0 saturated heterocycles. The molecule has 11 nitrogen and oxygen atoms in total. The highest BCUT2D eigenvalue weighted by Crippen LogP contribution is 2.34. The monoisotopic (exact) mass is 594 g/mol. The summed E-state index contributed by atoms with van der Waals surface area (Å²) in [6.07, 6.45) is 6.46. The lowest BCUT2D eigenvalue weighted by atomic mass is 9.77. The van der Waals surface area contributed by atoms with Crippen LogP contribution in [0.25, 0.3) is 0 Å². The van der Waals surface area contributed by atoms with Crippen molar-refractivity contribution in [3.63, 3.8) is 0 Å². The van der Waals surface area contributed by atoms with Gasteiger partial charge in [-0.3, -0.25) is 24.0 Å². The number of esters is 5. The van der Waals surface area contributed by atoms with Crippen molar-refractivity contribution in [1.29, 1.82) is 0 Å². The number of hydrogen-bond donors (Lipinski definition) is 0. The molecule has 3 fully saturated rings. The highest BCUT2D eigenvalue weighted by Gasteiger charge is 2.39. The first-order valence-corrected chi connectivity index (χ1v) is 15.4. The van der Waals surface area contributed by atoms with E-state index >= 15 is 0 Å². The van der Waals surface area contributed by atoms with Crippen molar-refractivity contribution in [2.75, 3.05) is 13.2 Å². The second-order valence-electron chi connectivity index (χ2n) is 12.0. The second-order valence-corrected chi connectivity index (χ2v) is 12.0. The molecule has 0 heterocycles. The van der Waals surface area contributed by atoms with E-state index in [1.165, 1.54) is 20.8 Å². The van der Waals surface area contributed by atoms with Crippen LogP contribution in [0.5, 0.6) is 0 Å². The summed E-state index contributed by atoms with van der Waals surface area (Å²) < 4.78 is 27.6. The van der Waals surface area contributed by atoms with Crippen molar-refractivity contribution in [2.24, 2.45) is 23.7 Å². The van der Waals surface area contributed by atoms with Gasteiger partial charge in [-0.15, -0.1) is 0 Å². The van der Waals surface area contributed by atoms with E-state index in [0.29, 0.717) is 38.5 Å². The van der Waals surface area contributed by atoms with Gasteiger partial charge < -0.3 is 28.5 Å². The Labute approximate surface area is 247 Å². The van der Waals surface area contributed by atoms with Gasteiger partial charge >= 0.3 is 29.8 Å². The van der Waals surface area contributed by atoms with Crippen molar-refractivity contribution in [3.05, 3.63) is 0 Å². The fraction of sp³-hybridized carbons (Fsp3) is 0.806. The molecule has 0 N–H and O–H groups in total. The van der Waals surface area contributed by atoms with Crippen LogP contribution in [-0.2, 0) is 52.5 Å². The molecule has 0 radical (unpaired) electrons. The molecule has 0 spiro atoms. The lowest BCUT2D eigenvalue weighted by Crippen LogP contribution is -2.41. The minimum atomic E-state index is -1.09. The molecule has 0 bridgehead atoms. The molecule has 0 aromatic carbocycles. The molecule has 3 saturated carbocycles. The van der Waals surface area contributed by atoms with Crippen molar-refractivity contribution in [3.8, 4) is 0 Å². The third-order valence-corrected chi connectivity index (χ3v) is 8.51. The Kier molecular flexibility index (Phi) is 13.3. The third-order valence-electron chi connectivity index (χ3n) is 8.51. The van der Waals surface area contributed by atoms with Crippen molar-refractivity contribution in [2.45, 2.75) is 123 Å². The van der Waals surface area contributed by atoms with Gasteiger partial charge in [0, 0.05) is 20.3 Å². The minimum Gasteiger partial charge on any atom is -0.462 e. The van der Waals surface area contributed by atoms with Crippen LogP contribution in [0.3, 0.4) is 0 Å². The Bertz CT molecular complexity index is 924. The van der Waals surface area contributed by atoms with E-state index in [4.69, 9.17) is 23.7 Å². The van der Waals surface area contributed by atoms with Gasteiger partial charge in [0.25, 0.3) is 0 Å². The van der Waals surface area contributed by atoms with Crippen LogP contribution >= 0.6 is 0 Å². The Morgan fingerprint density at radius 1 is 0.571 bits per heavy atom. The van der Waals surface area contributed by atoms with Crippen LogP contribution in [0.15, 0.2) is 0 Å². The zero-order valence-corrected chi connectivity index (χ0v) is 25.1. The quantitative estimate of drug-likeness (QED) is 0.238. The van der Waals surface area contributed by atoms with E-state index in [1.807, 2.05) is 0 Å². The molecule has 42 heavy (non-hydrogen) atoms. The number of rotatable bonds is 12. The number of ether oxygens (including phenoxy) is 5. The summed E-state index contributed by atoms with van der Waals surface area (Å²) in [5, 5.41) is 0. The van der Waals surface area contributed by atoms with E-state index in [1.54, 1.807) is 0 Å². The first-order valence-electron chi connectivity index (χ1n) is 15.4. The van der Waals surface area contributed by atoms with Crippen molar-refractivity contribution in [1.82, 2.24) is 0 Å². The Balaban J connectivity index is 1.68. The third kappa shape index (κ3) is 10.4. The van der Waals surface area contributed by atoms with Crippen LogP contribution in [-0.4, -0.2) is 67.2 Å². The maximum Gasteiger partial charge on any atom is 0.313 e. The fourth-order valence-electron chi connectivity index (χ4n) is 6.50. The normalized spacial score (nSPS) is 28.5. The predicted molar refractivity (Wildman–Crippen MR) is 148 cm³/mol. The van der Waals surface area contributed by atoms with Gasteiger partial charge in [0.15, 0.2) is 6.10 Å². The first kappa shape index (κ1) is 33.5. The summed E-state index contributed by atoms with van der Waals surface area (Å²) in [4.78, 5) is 74.3. The molecule has 3 aliphatic carbocycles.